The standard InChI is InChI=1S/C17H19FN4S/c1-11-9-22(7-6-19-11)17-16-14(20-10-21-17)8-15(23-16)12-2-4-13(18)5-3-12/h2,4-5,8,10-12,19H,3,6-7,9H2,1H3/t11-,12?/m1/s1. The number of allylic oxidation sites excluding steroid dienone is 4. The lowest BCUT2D eigenvalue weighted by molar-refractivity contribution is 0.483. The Kier molecular flexibility index (Phi) is 3.87. The van der Waals surface area contributed by atoms with Gasteiger partial charge < -0.3 is 10.2 Å². The van der Waals surface area contributed by atoms with Crippen molar-refractivity contribution in [2.45, 2.75) is 25.3 Å². The lowest BCUT2D eigenvalue weighted by atomic mass is 9.99. The van der Waals surface area contributed by atoms with Crippen molar-refractivity contribution in [3.8, 4) is 0 Å². The first-order valence-electron chi connectivity index (χ1n) is 7.97. The van der Waals surface area contributed by atoms with E-state index in [0.717, 1.165) is 35.7 Å². The van der Waals surface area contributed by atoms with Crippen molar-refractivity contribution in [1.82, 2.24) is 15.3 Å². The number of hydrogen-bond donors (Lipinski definition) is 1. The summed E-state index contributed by atoms with van der Waals surface area (Å²) in [6, 6.07) is 2.59. The van der Waals surface area contributed by atoms with Gasteiger partial charge in [0.1, 0.15) is 18.0 Å². The molecule has 2 aromatic rings. The molecule has 2 aromatic heterocycles. The van der Waals surface area contributed by atoms with Gasteiger partial charge >= 0.3 is 0 Å². The molecule has 1 fully saturated rings. The highest BCUT2D eigenvalue weighted by Gasteiger charge is 2.22. The normalized spacial score (nSPS) is 25.0. The summed E-state index contributed by atoms with van der Waals surface area (Å²) in [4.78, 5) is 12.5. The smallest absolute Gasteiger partial charge is 0.150 e. The average Bonchev–Trinajstić information content (AvgIpc) is 2.99. The third-order valence-corrected chi connectivity index (χ3v) is 5.65. The van der Waals surface area contributed by atoms with E-state index in [4.69, 9.17) is 0 Å². The Labute approximate surface area is 138 Å². The molecule has 1 aliphatic heterocycles. The molecule has 3 heterocycles. The van der Waals surface area contributed by atoms with Crippen molar-refractivity contribution < 1.29 is 4.39 Å². The zero-order valence-electron chi connectivity index (χ0n) is 13.0. The summed E-state index contributed by atoms with van der Waals surface area (Å²) in [5.41, 5.74) is 0.990. The Morgan fingerprint density at radius 3 is 3.09 bits per heavy atom. The zero-order chi connectivity index (χ0) is 15.8. The molecular formula is C17H19FN4S. The molecule has 4 rings (SSSR count). The molecule has 2 atom stereocenters. The van der Waals surface area contributed by atoms with E-state index in [9.17, 15) is 4.39 Å². The minimum atomic E-state index is -0.141. The summed E-state index contributed by atoms with van der Waals surface area (Å²) in [6.07, 6.45) is 7.52. The lowest BCUT2D eigenvalue weighted by Gasteiger charge is -2.32. The van der Waals surface area contributed by atoms with E-state index >= 15 is 0 Å². The Morgan fingerprint density at radius 2 is 2.30 bits per heavy atom. The van der Waals surface area contributed by atoms with Crippen LogP contribution in [0.4, 0.5) is 10.2 Å². The van der Waals surface area contributed by atoms with E-state index in [1.165, 1.54) is 4.88 Å². The third-order valence-electron chi connectivity index (χ3n) is 4.40. The van der Waals surface area contributed by atoms with Crippen LogP contribution in [-0.4, -0.2) is 35.6 Å². The van der Waals surface area contributed by atoms with Gasteiger partial charge in [-0.2, -0.15) is 0 Å². The van der Waals surface area contributed by atoms with Crippen molar-refractivity contribution in [2.75, 3.05) is 24.5 Å². The SMILES string of the molecule is C[C@@H]1CN(c2ncnc3cc(C4C=CC(F)=CC4)sc23)CCN1. The molecule has 1 N–H and O–H groups in total. The maximum atomic E-state index is 13.2. The fourth-order valence-electron chi connectivity index (χ4n) is 3.20. The lowest BCUT2D eigenvalue weighted by Crippen LogP contribution is -2.49. The molecule has 23 heavy (non-hydrogen) atoms. The van der Waals surface area contributed by atoms with Gasteiger partial charge in [-0.3, -0.25) is 0 Å². The van der Waals surface area contributed by atoms with Crippen LogP contribution < -0.4 is 10.2 Å². The number of aromatic nitrogens is 2. The second-order valence-corrected chi connectivity index (χ2v) is 7.24. The Bertz CT molecular complexity index is 782. The molecule has 4 nitrogen and oxygen atoms in total. The molecular weight excluding hydrogens is 311 g/mol. The predicted molar refractivity (Wildman–Crippen MR) is 92.8 cm³/mol. The summed E-state index contributed by atoms with van der Waals surface area (Å²) in [5, 5.41) is 3.46. The van der Waals surface area contributed by atoms with E-state index < -0.39 is 0 Å². The van der Waals surface area contributed by atoms with Crippen molar-refractivity contribution >= 4 is 27.4 Å². The average molecular weight is 330 g/mol. The number of piperazine rings is 1. The molecule has 1 aliphatic carbocycles. The molecule has 1 unspecified atom stereocenters. The van der Waals surface area contributed by atoms with Crippen LogP contribution in [0.15, 0.2) is 36.4 Å². The van der Waals surface area contributed by atoms with E-state index in [0.29, 0.717) is 12.5 Å². The van der Waals surface area contributed by atoms with Gasteiger partial charge in [0, 0.05) is 36.5 Å². The Balaban J connectivity index is 1.69. The topological polar surface area (TPSA) is 41.1 Å². The Morgan fingerprint density at radius 1 is 1.39 bits per heavy atom. The minimum Gasteiger partial charge on any atom is -0.353 e. The molecule has 0 spiro atoms. The summed E-state index contributed by atoms with van der Waals surface area (Å²) in [5.74, 6) is 1.13. The molecule has 1 saturated heterocycles. The maximum Gasteiger partial charge on any atom is 0.150 e. The maximum absolute atomic E-state index is 13.2. The first-order chi connectivity index (χ1) is 11.2. The van der Waals surface area contributed by atoms with Crippen LogP contribution in [0.25, 0.3) is 10.2 Å². The number of hydrogen-bond acceptors (Lipinski definition) is 5. The summed E-state index contributed by atoms with van der Waals surface area (Å²) < 4.78 is 14.3. The number of fused-ring (bicyclic) bond motifs is 1. The van der Waals surface area contributed by atoms with Crippen molar-refractivity contribution in [1.29, 1.82) is 0 Å². The second kappa shape index (κ2) is 6.02. The molecule has 6 heteroatoms. The molecule has 0 saturated carbocycles. The predicted octanol–water partition coefficient (Wildman–Crippen LogP) is 3.39. The number of nitrogens with zero attached hydrogens (tertiary/aromatic N) is 3. The summed E-state index contributed by atoms with van der Waals surface area (Å²) in [7, 11) is 0. The van der Waals surface area contributed by atoms with E-state index in [2.05, 4.69) is 33.2 Å². The van der Waals surface area contributed by atoms with Crippen LogP contribution in [0.5, 0.6) is 0 Å². The van der Waals surface area contributed by atoms with Crippen molar-refractivity contribution in [3.05, 3.63) is 41.3 Å². The van der Waals surface area contributed by atoms with Gasteiger partial charge in [-0.1, -0.05) is 6.08 Å². The molecule has 2 aliphatic rings. The highest BCUT2D eigenvalue weighted by molar-refractivity contribution is 7.19. The van der Waals surface area contributed by atoms with E-state index in [1.54, 1.807) is 29.8 Å². The van der Waals surface area contributed by atoms with Gasteiger partial charge in [0.25, 0.3) is 0 Å². The third kappa shape index (κ3) is 2.88. The minimum absolute atomic E-state index is 0.141. The van der Waals surface area contributed by atoms with E-state index in [-0.39, 0.29) is 11.7 Å². The molecule has 0 bridgehead atoms. The molecule has 0 radical (unpaired) electrons. The number of nitrogens with one attached hydrogen (secondary N) is 1. The number of thiophene rings is 1. The number of anilines is 1. The Hall–Kier alpha value is -1.79. The second-order valence-electron chi connectivity index (χ2n) is 6.15. The fourth-order valence-corrected chi connectivity index (χ4v) is 4.42. The van der Waals surface area contributed by atoms with Crippen LogP contribution in [0.1, 0.15) is 24.1 Å². The van der Waals surface area contributed by atoms with Crippen molar-refractivity contribution in [2.24, 2.45) is 0 Å². The quantitative estimate of drug-likeness (QED) is 0.916. The molecule has 120 valence electrons. The zero-order valence-corrected chi connectivity index (χ0v) is 13.8. The summed E-state index contributed by atoms with van der Waals surface area (Å²) in [6.45, 7) is 5.08. The number of rotatable bonds is 2. The molecule has 0 aromatic carbocycles. The van der Waals surface area contributed by atoms with Gasteiger partial charge in [-0.25, -0.2) is 14.4 Å². The van der Waals surface area contributed by atoms with Crippen LogP contribution in [-0.2, 0) is 0 Å². The highest BCUT2D eigenvalue weighted by atomic mass is 32.1. The fraction of sp³-hybridized carbons (Fsp3) is 0.412. The van der Waals surface area contributed by atoms with Crippen LogP contribution in [0, 0.1) is 0 Å². The summed E-state index contributed by atoms with van der Waals surface area (Å²) >= 11 is 1.74. The van der Waals surface area contributed by atoms with E-state index in [1.807, 2.05) is 6.08 Å². The number of halogens is 1. The highest BCUT2D eigenvalue weighted by Crippen LogP contribution is 2.38. The van der Waals surface area contributed by atoms with Gasteiger partial charge in [0.15, 0.2) is 0 Å². The monoisotopic (exact) mass is 330 g/mol. The first kappa shape index (κ1) is 14.8. The van der Waals surface area contributed by atoms with Crippen LogP contribution in [0.2, 0.25) is 0 Å². The largest absolute Gasteiger partial charge is 0.353 e. The van der Waals surface area contributed by atoms with Gasteiger partial charge in [0.2, 0.25) is 0 Å². The van der Waals surface area contributed by atoms with Gasteiger partial charge in [0.05, 0.1) is 10.2 Å². The molecule has 0 amide bonds. The van der Waals surface area contributed by atoms with Crippen LogP contribution in [0.3, 0.4) is 0 Å². The van der Waals surface area contributed by atoms with Gasteiger partial charge in [-0.15, -0.1) is 11.3 Å². The van der Waals surface area contributed by atoms with Crippen LogP contribution >= 0.6 is 11.3 Å². The first-order valence-corrected chi connectivity index (χ1v) is 8.79. The van der Waals surface area contributed by atoms with Gasteiger partial charge in [-0.05, 0) is 31.6 Å². The van der Waals surface area contributed by atoms with Crippen molar-refractivity contribution in [3.63, 3.8) is 0 Å².